The summed E-state index contributed by atoms with van der Waals surface area (Å²) in [7, 11) is -4.09. The van der Waals surface area contributed by atoms with Crippen molar-refractivity contribution in [3.8, 4) is 12.3 Å². The summed E-state index contributed by atoms with van der Waals surface area (Å²) in [6.07, 6.45) is 4.95. The van der Waals surface area contributed by atoms with Crippen molar-refractivity contribution < 1.29 is 32.3 Å². The maximum Gasteiger partial charge on any atom is 0.326 e. The summed E-state index contributed by atoms with van der Waals surface area (Å²) in [5.41, 5.74) is 1.76. The van der Waals surface area contributed by atoms with Gasteiger partial charge in [0.1, 0.15) is 17.7 Å². The van der Waals surface area contributed by atoms with E-state index < -0.39 is 45.2 Å². The molecule has 0 radical (unpaired) electrons. The topological polar surface area (TPSA) is 179 Å². The summed E-state index contributed by atoms with van der Waals surface area (Å²) in [6.45, 7) is 3.83. The van der Waals surface area contributed by atoms with Gasteiger partial charge in [-0.05, 0) is 80.3 Å². The molecule has 0 spiro atoms. The SMILES string of the molecule is C#CCN(Cc1cc2c(=O)[nH]c(C)nc2cc1C)c1ccc(C(=O)N[C@@H](CCCC(=O)NS(=O)(=O)c2ccccc2)C(=O)O)c(F)c1. The molecular weight excluding hydrogens is 629 g/mol. The number of carboxylic acids is 1. The number of carbonyl (C=O) groups excluding carboxylic acids is 2. The minimum absolute atomic E-state index is 0.0757. The van der Waals surface area contributed by atoms with Crippen LogP contribution in [0.1, 0.15) is 46.6 Å². The summed E-state index contributed by atoms with van der Waals surface area (Å²) in [5, 5.41) is 12.3. The first kappa shape index (κ1) is 34.3. The lowest BCUT2D eigenvalue weighted by Crippen LogP contribution is -2.41. The third-order valence-electron chi connectivity index (χ3n) is 7.29. The molecule has 0 saturated heterocycles. The van der Waals surface area contributed by atoms with Crippen molar-refractivity contribution >= 4 is 44.4 Å². The number of benzene rings is 3. The number of H-pyrrole nitrogens is 1. The van der Waals surface area contributed by atoms with E-state index in [9.17, 15) is 32.7 Å². The molecule has 4 rings (SSSR count). The molecule has 4 N–H and O–H groups in total. The number of aryl methyl sites for hydroxylation is 2. The zero-order valence-corrected chi connectivity index (χ0v) is 26.4. The highest BCUT2D eigenvalue weighted by atomic mass is 32.2. The zero-order valence-electron chi connectivity index (χ0n) is 25.5. The van der Waals surface area contributed by atoms with Crippen molar-refractivity contribution in [2.24, 2.45) is 0 Å². The molecule has 0 bridgehead atoms. The van der Waals surface area contributed by atoms with Crippen molar-refractivity contribution in [3.05, 3.63) is 99.3 Å². The van der Waals surface area contributed by atoms with E-state index >= 15 is 4.39 Å². The van der Waals surface area contributed by atoms with E-state index in [1.165, 1.54) is 36.4 Å². The number of aromatic amines is 1. The standard InChI is InChI=1S/C33H32FN5O7S/c1-4-15-39(19-22-17-26-29(16-20(22)2)35-21(3)36-32(26)42)23-13-14-25(27(34)18-23)31(41)37-28(33(43)44)11-8-12-30(40)38-47(45,46)24-9-6-5-7-10-24/h1,5-7,9-10,13-14,16-18,28H,8,11-12,15,19H2,2-3H3,(H,37,41)(H,38,40)(H,43,44)(H,35,36,42)/t28-/m0/s1. The number of aliphatic carboxylic acids is 1. The predicted molar refractivity (Wildman–Crippen MR) is 173 cm³/mol. The average molecular weight is 662 g/mol. The second-order valence-corrected chi connectivity index (χ2v) is 12.5. The predicted octanol–water partition coefficient (Wildman–Crippen LogP) is 3.18. The van der Waals surface area contributed by atoms with Gasteiger partial charge in [0.2, 0.25) is 5.91 Å². The highest BCUT2D eigenvalue weighted by Gasteiger charge is 2.24. The number of hydrogen-bond donors (Lipinski definition) is 4. The van der Waals surface area contributed by atoms with Crippen LogP contribution in [-0.4, -0.2) is 53.9 Å². The van der Waals surface area contributed by atoms with Crippen molar-refractivity contribution in [1.29, 1.82) is 0 Å². The fraction of sp³-hybridized carbons (Fsp3) is 0.242. The second-order valence-electron chi connectivity index (χ2n) is 10.8. The lowest BCUT2D eigenvalue weighted by molar-refractivity contribution is -0.139. The summed E-state index contributed by atoms with van der Waals surface area (Å²) in [4.78, 5) is 58.0. The Labute approximate surface area is 270 Å². The molecule has 47 heavy (non-hydrogen) atoms. The van der Waals surface area contributed by atoms with Crippen LogP contribution in [-0.2, 0) is 26.2 Å². The summed E-state index contributed by atoms with van der Waals surface area (Å²) in [6, 6.07) is 13.0. The Kier molecular flexibility index (Phi) is 10.7. The first-order chi connectivity index (χ1) is 22.3. The maximum absolute atomic E-state index is 15.3. The van der Waals surface area contributed by atoms with Crippen molar-refractivity contribution in [3.63, 3.8) is 0 Å². The Balaban J connectivity index is 1.42. The highest BCUT2D eigenvalue weighted by Crippen LogP contribution is 2.24. The molecular formula is C33H32FN5O7S. The molecule has 4 aromatic rings. The first-order valence-electron chi connectivity index (χ1n) is 14.4. The summed E-state index contributed by atoms with van der Waals surface area (Å²) >= 11 is 0. The Hall–Kier alpha value is -5.55. The van der Waals surface area contributed by atoms with Gasteiger partial charge in [-0.2, -0.15) is 0 Å². The van der Waals surface area contributed by atoms with Gasteiger partial charge in [-0.15, -0.1) is 6.42 Å². The second kappa shape index (κ2) is 14.7. The molecule has 14 heteroatoms. The number of carbonyl (C=O) groups is 3. The Morgan fingerprint density at radius 2 is 1.83 bits per heavy atom. The number of fused-ring (bicyclic) bond motifs is 1. The van der Waals surface area contributed by atoms with Gasteiger partial charge in [-0.1, -0.05) is 24.1 Å². The molecule has 0 saturated carbocycles. The zero-order chi connectivity index (χ0) is 34.3. The smallest absolute Gasteiger partial charge is 0.326 e. The first-order valence-corrected chi connectivity index (χ1v) is 15.9. The lowest BCUT2D eigenvalue weighted by atomic mass is 10.0. The van der Waals surface area contributed by atoms with Gasteiger partial charge in [-0.25, -0.2) is 27.3 Å². The molecule has 12 nitrogen and oxygen atoms in total. The number of nitrogens with one attached hydrogen (secondary N) is 3. The van der Waals surface area contributed by atoms with Crippen LogP contribution >= 0.6 is 0 Å². The number of rotatable bonds is 13. The molecule has 1 aromatic heterocycles. The number of anilines is 1. The molecule has 0 aliphatic rings. The van der Waals surface area contributed by atoms with Gasteiger partial charge in [-0.3, -0.25) is 14.4 Å². The van der Waals surface area contributed by atoms with E-state index in [1.807, 2.05) is 11.6 Å². The molecule has 0 aliphatic carbocycles. The summed E-state index contributed by atoms with van der Waals surface area (Å²) < 4.78 is 41.8. The van der Waals surface area contributed by atoms with Gasteiger partial charge in [0.15, 0.2) is 0 Å². The van der Waals surface area contributed by atoms with Gasteiger partial charge < -0.3 is 20.3 Å². The van der Waals surface area contributed by atoms with Crippen LogP contribution in [0.5, 0.6) is 0 Å². The number of aromatic nitrogens is 2. The number of carboxylic acid groups (broad SMARTS) is 1. The van der Waals surface area contributed by atoms with Crippen molar-refractivity contribution in [2.45, 2.75) is 50.6 Å². The Bertz CT molecular complexity index is 2040. The molecule has 1 atom stereocenters. The minimum atomic E-state index is -4.09. The van der Waals surface area contributed by atoms with Crippen molar-refractivity contribution in [2.75, 3.05) is 11.4 Å². The normalized spacial score (nSPS) is 11.8. The van der Waals surface area contributed by atoms with Crippen LogP contribution in [0, 0.1) is 32.0 Å². The number of terminal acetylenes is 1. The maximum atomic E-state index is 15.3. The van der Waals surface area contributed by atoms with E-state index in [0.29, 0.717) is 22.4 Å². The Morgan fingerprint density at radius 1 is 1.11 bits per heavy atom. The third-order valence-corrected chi connectivity index (χ3v) is 8.68. The van der Waals surface area contributed by atoms with Crippen LogP contribution in [0.25, 0.3) is 10.9 Å². The van der Waals surface area contributed by atoms with Gasteiger partial charge >= 0.3 is 5.97 Å². The molecule has 0 fully saturated rings. The molecule has 1 heterocycles. The average Bonchev–Trinajstić information content (AvgIpc) is 3.00. The molecule has 2 amide bonds. The van der Waals surface area contributed by atoms with E-state index in [1.54, 1.807) is 30.0 Å². The van der Waals surface area contributed by atoms with Gasteiger partial charge in [0, 0.05) is 18.7 Å². The number of halogens is 1. The molecule has 244 valence electrons. The lowest BCUT2D eigenvalue weighted by Gasteiger charge is -2.24. The number of nitrogens with zero attached hydrogens (tertiary/aromatic N) is 2. The van der Waals surface area contributed by atoms with Crippen LogP contribution in [0.15, 0.2) is 70.4 Å². The van der Waals surface area contributed by atoms with Gasteiger partial charge in [0.05, 0.1) is 27.9 Å². The quantitative estimate of drug-likeness (QED) is 0.157. The molecule has 0 unspecified atom stereocenters. The largest absolute Gasteiger partial charge is 0.480 e. The van der Waals surface area contributed by atoms with Crippen LogP contribution in [0.3, 0.4) is 0 Å². The summed E-state index contributed by atoms with van der Waals surface area (Å²) in [5.74, 6) is -1.18. The fourth-order valence-corrected chi connectivity index (χ4v) is 5.92. The fourth-order valence-electron chi connectivity index (χ4n) is 4.88. The van der Waals surface area contributed by atoms with E-state index in [-0.39, 0.29) is 42.8 Å². The number of hydrogen-bond acceptors (Lipinski definition) is 8. The Morgan fingerprint density at radius 3 is 2.49 bits per heavy atom. The molecule has 3 aromatic carbocycles. The van der Waals surface area contributed by atoms with E-state index in [0.717, 1.165) is 17.2 Å². The van der Waals surface area contributed by atoms with Crippen LogP contribution in [0.2, 0.25) is 0 Å². The van der Waals surface area contributed by atoms with Crippen LogP contribution in [0.4, 0.5) is 10.1 Å². The van der Waals surface area contributed by atoms with E-state index in [2.05, 4.69) is 21.2 Å². The number of amides is 2. The van der Waals surface area contributed by atoms with Crippen LogP contribution < -0.4 is 20.5 Å². The highest BCUT2D eigenvalue weighted by molar-refractivity contribution is 7.90. The van der Waals surface area contributed by atoms with E-state index in [4.69, 9.17) is 6.42 Å². The van der Waals surface area contributed by atoms with Gasteiger partial charge in [0.25, 0.3) is 21.5 Å². The third kappa shape index (κ3) is 8.59. The number of sulfonamides is 1. The molecule has 0 aliphatic heterocycles. The minimum Gasteiger partial charge on any atom is -0.480 e. The van der Waals surface area contributed by atoms with Crippen molar-refractivity contribution in [1.82, 2.24) is 20.0 Å². The monoisotopic (exact) mass is 661 g/mol.